The third-order valence-electron chi connectivity index (χ3n) is 4.18. The van der Waals surface area contributed by atoms with Gasteiger partial charge in [0.05, 0.1) is 38.3 Å². The van der Waals surface area contributed by atoms with Gasteiger partial charge in [0, 0.05) is 19.2 Å². The van der Waals surface area contributed by atoms with Gasteiger partial charge < -0.3 is 19.9 Å². The van der Waals surface area contributed by atoms with E-state index in [-0.39, 0.29) is 25.5 Å². The Morgan fingerprint density at radius 2 is 1.93 bits per heavy atom. The summed E-state index contributed by atoms with van der Waals surface area (Å²) in [4.78, 5) is 24.4. The molecule has 2 atom stereocenters. The Labute approximate surface area is 159 Å². The van der Waals surface area contributed by atoms with Crippen LogP contribution in [0.3, 0.4) is 0 Å². The van der Waals surface area contributed by atoms with Crippen LogP contribution in [0.5, 0.6) is 11.5 Å². The van der Waals surface area contributed by atoms with Crippen LogP contribution in [0.2, 0.25) is 0 Å². The molecule has 1 aliphatic rings. The predicted molar refractivity (Wildman–Crippen MR) is 92.5 cm³/mol. The second-order valence-electron chi connectivity index (χ2n) is 5.90. The maximum Gasteiger partial charge on any atom is 0.393 e. The van der Waals surface area contributed by atoms with E-state index in [0.717, 1.165) is 0 Å². The van der Waals surface area contributed by atoms with Gasteiger partial charge in [0.15, 0.2) is 0 Å². The molecule has 2 N–H and O–H groups in total. The zero-order valence-electron chi connectivity index (χ0n) is 14.6. The topological polar surface area (TPSA) is 88.1 Å². The smallest absolute Gasteiger partial charge is 0.393 e. The number of benzene rings is 1. The minimum Gasteiger partial charge on any atom is -0.497 e. The Bertz CT molecular complexity index is 687. The lowest BCUT2D eigenvalue weighted by Gasteiger charge is -2.18. The van der Waals surface area contributed by atoms with Crippen LogP contribution >= 0.6 is 12.4 Å². The Morgan fingerprint density at radius 3 is 2.41 bits per heavy atom. The second-order valence-corrected chi connectivity index (χ2v) is 5.90. The molecule has 0 aliphatic carbocycles. The molecule has 0 bridgehead atoms. The van der Waals surface area contributed by atoms with Crippen LogP contribution in [0.15, 0.2) is 18.2 Å². The zero-order valence-corrected chi connectivity index (χ0v) is 15.4. The van der Waals surface area contributed by atoms with E-state index in [1.165, 1.54) is 25.2 Å². The fourth-order valence-electron chi connectivity index (χ4n) is 2.90. The minimum atomic E-state index is -4.63. The first-order valence-corrected chi connectivity index (χ1v) is 7.69. The van der Waals surface area contributed by atoms with Crippen molar-refractivity contribution in [3.8, 4) is 11.5 Å². The number of aliphatic carboxylic acids is 1. The molecule has 27 heavy (non-hydrogen) atoms. The summed E-state index contributed by atoms with van der Waals surface area (Å²) >= 11 is 0. The van der Waals surface area contributed by atoms with Gasteiger partial charge in [0.1, 0.15) is 11.5 Å². The molecule has 1 aromatic carbocycles. The molecule has 152 valence electrons. The monoisotopic (exact) mass is 412 g/mol. The number of hydrogen-bond acceptors (Lipinski definition) is 5. The van der Waals surface area contributed by atoms with Gasteiger partial charge in [-0.25, -0.2) is 0 Å². The van der Waals surface area contributed by atoms with Crippen molar-refractivity contribution in [2.75, 3.05) is 39.2 Å². The van der Waals surface area contributed by atoms with E-state index in [4.69, 9.17) is 14.6 Å². The van der Waals surface area contributed by atoms with Crippen LogP contribution in [0.1, 0.15) is 0 Å². The van der Waals surface area contributed by atoms with Crippen molar-refractivity contribution >= 4 is 30.0 Å². The lowest BCUT2D eigenvalue weighted by atomic mass is 9.96. The van der Waals surface area contributed by atoms with E-state index in [2.05, 4.69) is 5.32 Å². The van der Waals surface area contributed by atoms with Gasteiger partial charge in [-0.2, -0.15) is 13.2 Å². The molecule has 0 unspecified atom stereocenters. The van der Waals surface area contributed by atoms with E-state index in [1.54, 1.807) is 12.1 Å². The van der Waals surface area contributed by atoms with Crippen LogP contribution in [0.4, 0.5) is 18.9 Å². The molecule has 1 heterocycles. The Kier molecular flexibility index (Phi) is 7.73. The number of amides is 1. The number of nitrogens with one attached hydrogen (secondary N) is 1. The standard InChI is InChI=1S/C16H19F3N2O5.ClH/c1-25-9-3-4-13(26-2)12(5-9)20-14(22)8-21-6-10(15(23)24)11(7-21)16(17,18)19;/h3-5,10-11H,6-8H2,1-2H3,(H,20,22)(H,23,24);1H/t10-,11-;/m1./s1. The molecule has 7 nitrogen and oxygen atoms in total. The number of alkyl halides is 3. The van der Waals surface area contributed by atoms with E-state index < -0.39 is 36.4 Å². The second kappa shape index (κ2) is 9.14. The molecule has 1 amide bonds. The van der Waals surface area contributed by atoms with E-state index >= 15 is 0 Å². The van der Waals surface area contributed by atoms with Crippen LogP contribution < -0.4 is 14.8 Å². The Balaban J connectivity index is 0.00000364. The molecule has 1 aliphatic heterocycles. The molecular formula is C16H20ClF3N2O5. The number of nitrogens with zero attached hydrogens (tertiary/aromatic N) is 1. The van der Waals surface area contributed by atoms with E-state index in [9.17, 15) is 22.8 Å². The van der Waals surface area contributed by atoms with Crippen molar-refractivity contribution in [1.29, 1.82) is 0 Å². The maximum atomic E-state index is 13.0. The van der Waals surface area contributed by atoms with Gasteiger partial charge >= 0.3 is 12.1 Å². The first-order chi connectivity index (χ1) is 12.2. The fourth-order valence-corrected chi connectivity index (χ4v) is 2.90. The molecule has 1 saturated heterocycles. The molecule has 0 radical (unpaired) electrons. The number of carboxylic acid groups (broad SMARTS) is 1. The largest absolute Gasteiger partial charge is 0.497 e. The maximum absolute atomic E-state index is 13.0. The predicted octanol–water partition coefficient (Wildman–Crippen LogP) is 2.26. The summed E-state index contributed by atoms with van der Waals surface area (Å²) in [5.74, 6) is -4.87. The molecule has 1 aromatic rings. The summed E-state index contributed by atoms with van der Waals surface area (Å²) in [6.45, 7) is -1.25. The number of ether oxygens (including phenoxy) is 2. The molecule has 2 rings (SSSR count). The lowest BCUT2D eigenvalue weighted by molar-refractivity contribution is -0.188. The summed E-state index contributed by atoms with van der Waals surface area (Å²) in [5, 5.41) is 11.5. The van der Waals surface area contributed by atoms with Crippen molar-refractivity contribution in [3.63, 3.8) is 0 Å². The molecular weight excluding hydrogens is 393 g/mol. The van der Waals surface area contributed by atoms with E-state index in [0.29, 0.717) is 17.2 Å². The highest BCUT2D eigenvalue weighted by Gasteiger charge is 2.52. The number of carboxylic acids is 1. The van der Waals surface area contributed by atoms with Crippen molar-refractivity contribution in [3.05, 3.63) is 18.2 Å². The number of halogens is 4. The third kappa shape index (κ3) is 5.64. The Morgan fingerprint density at radius 1 is 1.26 bits per heavy atom. The fraction of sp³-hybridized carbons (Fsp3) is 0.500. The number of carbonyl (C=O) groups excluding carboxylic acids is 1. The van der Waals surface area contributed by atoms with Gasteiger partial charge in [0.2, 0.25) is 5.91 Å². The first kappa shape index (κ1) is 22.8. The normalized spacial score (nSPS) is 19.9. The van der Waals surface area contributed by atoms with Crippen LogP contribution in [-0.4, -0.2) is 61.9 Å². The van der Waals surface area contributed by atoms with Crippen molar-refractivity contribution in [1.82, 2.24) is 4.90 Å². The lowest BCUT2D eigenvalue weighted by Crippen LogP contribution is -2.34. The quantitative estimate of drug-likeness (QED) is 0.745. The van der Waals surface area contributed by atoms with Crippen LogP contribution in [0, 0.1) is 11.8 Å². The zero-order chi connectivity index (χ0) is 19.5. The molecule has 11 heteroatoms. The highest BCUT2D eigenvalue weighted by atomic mass is 35.5. The summed E-state index contributed by atoms with van der Waals surface area (Å²) in [6.07, 6.45) is -4.63. The van der Waals surface area contributed by atoms with Crippen molar-refractivity contribution in [2.24, 2.45) is 11.8 Å². The molecule has 0 saturated carbocycles. The number of anilines is 1. The average Bonchev–Trinajstić information content (AvgIpc) is 2.99. The summed E-state index contributed by atoms with van der Waals surface area (Å²) < 4.78 is 49.1. The van der Waals surface area contributed by atoms with Gasteiger partial charge in [-0.1, -0.05) is 0 Å². The third-order valence-corrected chi connectivity index (χ3v) is 4.18. The highest BCUT2D eigenvalue weighted by Crippen LogP contribution is 2.37. The SMILES string of the molecule is COc1ccc(OC)c(NC(=O)CN2C[C@@H](C(F)(F)F)[C@H](C(=O)O)C2)c1.Cl. The number of rotatable bonds is 6. The van der Waals surface area contributed by atoms with Gasteiger partial charge in [-0.05, 0) is 12.1 Å². The Hall–Kier alpha value is -2.20. The highest BCUT2D eigenvalue weighted by molar-refractivity contribution is 5.94. The minimum absolute atomic E-state index is 0. The number of hydrogen-bond donors (Lipinski definition) is 2. The summed E-state index contributed by atoms with van der Waals surface area (Å²) in [6, 6.07) is 4.71. The van der Waals surface area contributed by atoms with Gasteiger partial charge in [0.25, 0.3) is 0 Å². The molecule has 0 spiro atoms. The molecule has 0 aromatic heterocycles. The summed E-state index contributed by atoms with van der Waals surface area (Å²) in [7, 11) is 2.85. The van der Waals surface area contributed by atoms with E-state index in [1.807, 2.05) is 0 Å². The van der Waals surface area contributed by atoms with Crippen molar-refractivity contribution < 1.29 is 37.3 Å². The van der Waals surface area contributed by atoms with Crippen molar-refractivity contribution in [2.45, 2.75) is 6.18 Å². The number of methoxy groups -OCH3 is 2. The number of carbonyl (C=O) groups is 2. The molecule has 1 fully saturated rings. The van der Waals surface area contributed by atoms with Crippen LogP contribution in [-0.2, 0) is 9.59 Å². The number of likely N-dealkylation sites (tertiary alicyclic amines) is 1. The van der Waals surface area contributed by atoms with Gasteiger partial charge in [-0.15, -0.1) is 12.4 Å². The van der Waals surface area contributed by atoms with Crippen LogP contribution in [0.25, 0.3) is 0 Å². The first-order valence-electron chi connectivity index (χ1n) is 7.69. The van der Waals surface area contributed by atoms with Gasteiger partial charge in [-0.3, -0.25) is 14.5 Å². The summed E-state index contributed by atoms with van der Waals surface area (Å²) in [5.41, 5.74) is 0.304. The average molecular weight is 413 g/mol.